The van der Waals surface area contributed by atoms with E-state index in [4.69, 9.17) is 10.5 Å². The number of hydrogen-bond acceptors (Lipinski definition) is 3. The maximum atomic E-state index is 13.7. The van der Waals surface area contributed by atoms with Gasteiger partial charge in [-0.1, -0.05) is 24.3 Å². The Morgan fingerprint density at radius 3 is 2.86 bits per heavy atom. The predicted octanol–water partition coefficient (Wildman–Crippen LogP) is 3.42. The van der Waals surface area contributed by atoms with Crippen LogP contribution >= 0.6 is 11.8 Å². The molecule has 1 aliphatic heterocycles. The van der Waals surface area contributed by atoms with E-state index in [2.05, 4.69) is 24.3 Å². The first-order chi connectivity index (χ1) is 10.2. The zero-order valence-corrected chi connectivity index (χ0v) is 12.7. The summed E-state index contributed by atoms with van der Waals surface area (Å²) in [7, 11) is 1.47. The molecule has 21 heavy (non-hydrogen) atoms. The normalized spacial score (nSPS) is 18.3. The van der Waals surface area contributed by atoms with Gasteiger partial charge in [-0.05, 0) is 42.2 Å². The first kappa shape index (κ1) is 14.4. The standard InChI is InChI=1S/C17H18FNOS/c1-20-15-7-6-11(8-13(15)18)9-14(19)17-10-12-4-2-3-5-16(12)21-17/h2-8,14,17H,9-10,19H2,1H3. The molecule has 0 saturated heterocycles. The van der Waals surface area contributed by atoms with Gasteiger partial charge < -0.3 is 10.5 Å². The molecule has 2 atom stereocenters. The number of rotatable bonds is 4. The highest BCUT2D eigenvalue weighted by Crippen LogP contribution is 2.38. The van der Waals surface area contributed by atoms with Crippen molar-refractivity contribution in [1.29, 1.82) is 0 Å². The first-order valence-corrected chi connectivity index (χ1v) is 7.88. The van der Waals surface area contributed by atoms with E-state index in [1.54, 1.807) is 6.07 Å². The smallest absolute Gasteiger partial charge is 0.165 e. The Kier molecular flexibility index (Phi) is 4.17. The van der Waals surface area contributed by atoms with Crippen molar-refractivity contribution in [3.63, 3.8) is 0 Å². The fraction of sp³-hybridized carbons (Fsp3) is 0.294. The number of ether oxygens (including phenoxy) is 1. The molecule has 2 unspecified atom stereocenters. The summed E-state index contributed by atoms with van der Waals surface area (Å²) in [4.78, 5) is 1.32. The van der Waals surface area contributed by atoms with Crippen LogP contribution in [0.3, 0.4) is 0 Å². The Morgan fingerprint density at radius 2 is 2.14 bits per heavy atom. The minimum Gasteiger partial charge on any atom is -0.494 e. The molecule has 2 nitrogen and oxygen atoms in total. The van der Waals surface area contributed by atoms with Gasteiger partial charge in [-0.3, -0.25) is 0 Å². The summed E-state index contributed by atoms with van der Waals surface area (Å²) in [5.41, 5.74) is 8.62. The number of hydrogen-bond donors (Lipinski definition) is 1. The minimum absolute atomic E-state index is 0.00944. The van der Waals surface area contributed by atoms with Crippen molar-refractivity contribution in [2.24, 2.45) is 5.73 Å². The SMILES string of the molecule is COc1ccc(CC(N)C2Cc3ccccc3S2)cc1F. The number of nitrogens with two attached hydrogens (primary N) is 1. The van der Waals surface area contributed by atoms with Gasteiger partial charge in [-0.25, -0.2) is 4.39 Å². The lowest BCUT2D eigenvalue weighted by molar-refractivity contribution is 0.386. The molecule has 3 rings (SSSR count). The summed E-state index contributed by atoms with van der Waals surface area (Å²) >= 11 is 1.83. The third kappa shape index (κ3) is 3.06. The van der Waals surface area contributed by atoms with Crippen LogP contribution < -0.4 is 10.5 Å². The van der Waals surface area contributed by atoms with Gasteiger partial charge in [0, 0.05) is 16.2 Å². The molecule has 1 aliphatic rings. The van der Waals surface area contributed by atoms with E-state index < -0.39 is 0 Å². The van der Waals surface area contributed by atoms with Crippen molar-refractivity contribution in [3.05, 3.63) is 59.4 Å². The summed E-state index contributed by atoms with van der Waals surface area (Å²) in [6.07, 6.45) is 1.66. The number of halogens is 1. The van der Waals surface area contributed by atoms with Gasteiger partial charge in [0.05, 0.1) is 7.11 Å². The third-order valence-corrected chi connectivity index (χ3v) is 5.31. The van der Waals surface area contributed by atoms with Gasteiger partial charge >= 0.3 is 0 Å². The molecule has 0 fully saturated rings. The van der Waals surface area contributed by atoms with Crippen LogP contribution in [-0.2, 0) is 12.8 Å². The van der Waals surface area contributed by atoms with Crippen LogP contribution in [0, 0.1) is 5.82 Å². The van der Waals surface area contributed by atoms with Crippen LogP contribution in [0.5, 0.6) is 5.75 Å². The maximum Gasteiger partial charge on any atom is 0.165 e. The van der Waals surface area contributed by atoms with Gasteiger partial charge in [0.1, 0.15) is 0 Å². The van der Waals surface area contributed by atoms with Gasteiger partial charge in [0.25, 0.3) is 0 Å². The van der Waals surface area contributed by atoms with Gasteiger partial charge in [0.15, 0.2) is 11.6 Å². The largest absolute Gasteiger partial charge is 0.494 e. The Morgan fingerprint density at radius 1 is 1.33 bits per heavy atom. The Balaban J connectivity index is 1.68. The Bertz CT molecular complexity index is 621. The molecule has 2 aromatic carbocycles. The van der Waals surface area contributed by atoms with Crippen LogP contribution in [0.2, 0.25) is 0 Å². The zero-order valence-electron chi connectivity index (χ0n) is 11.9. The average Bonchev–Trinajstić information content (AvgIpc) is 2.91. The van der Waals surface area contributed by atoms with Gasteiger partial charge in [-0.2, -0.15) is 0 Å². The number of benzene rings is 2. The van der Waals surface area contributed by atoms with Crippen LogP contribution in [0.4, 0.5) is 4.39 Å². The second kappa shape index (κ2) is 6.08. The quantitative estimate of drug-likeness (QED) is 0.940. The van der Waals surface area contributed by atoms with Crippen molar-refractivity contribution in [1.82, 2.24) is 0 Å². The summed E-state index contributed by atoms with van der Waals surface area (Å²) in [5.74, 6) is -0.0560. The number of thioether (sulfide) groups is 1. The highest BCUT2D eigenvalue weighted by molar-refractivity contribution is 8.00. The van der Waals surface area contributed by atoms with E-state index >= 15 is 0 Å². The molecule has 0 amide bonds. The fourth-order valence-corrected chi connectivity index (χ4v) is 4.01. The first-order valence-electron chi connectivity index (χ1n) is 7.00. The Labute approximate surface area is 128 Å². The van der Waals surface area contributed by atoms with Gasteiger partial charge in [-0.15, -0.1) is 11.8 Å². The molecule has 0 spiro atoms. The van der Waals surface area contributed by atoms with E-state index in [0.29, 0.717) is 11.7 Å². The lowest BCUT2D eigenvalue weighted by Gasteiger charge is -2.18. The molecule has 0 radical (unpaired) electrons. The molecule has 0 aliphatic carbocycles. The monoisotopic (exact) mass is 303 g/mol. The second-order valence-corrected chi connectivity index (χ2v) is 6.59. The van der Waals surface area contributed by atoms with Crippen molar-refractivity contribution in [2.75, 3.05) is 7.11 Å². The van der Waals surface area contributed by atoms with E-state index in [9.17, 15) is 4.39 Å². The molecule has 0 aromatic heterocycles. The average molecular weight is 303 g/mol. The molecule has 2 N–H and O–H groups in total. The Hall–Kier alpha value is -1.52. The third-order valence-electron chi connectivity index (χ3n) is 3.84. The lowest BCUT2D eigenvalue weighted by Crippen LogP contribution is -2.34. The highest BCUT2D eigenvalue weighted by Gasteiger charge is 2.27. The molecule has 110 valence electrons. The zero-order chi connectivity index (χ0) is 14.8. The number of fused-ring (bicyclic) bond motifs is 1. The van der Waals surface area contributed by atoms with Gasteiger partial charge in [0.2, 0.25) is 0 Å². The van der Waals surface area contributed by atoms with Crippen molar-refractivity contribution < 1.29 is 9.13 Å². The summed E-state index contributed by atoms with van der Waals surface area (Å²) in [5, 5.41) is 0.354. The predicted molar refractivity (Wildman–Crippen MR) is 84.4 cm³/mol. The molecule has 0 bridgehead atoms. The summed E-state index contributed by atoms with van der Waals surface area (Å²) < 4.78 is 18.7. The van der Waals surface area contributed by atoms with Crippen molar-refractivity contribution in [3.8, 4) is 5.75 Å². The molecule has 2 aromatic rings. The topological polar surface area (TPSA) is 35.2 Å². The molecular weight excluding hydrogens is 285 g/mol. The van der Waals surface area contributed by atoms with Crippen molar-refractivity contribution in [2.45, 2.75) is 29.0 Å². The summed E-state index contributed by atoms with van der Waals surface area (Å²) in [6, 6.07) is 13.5. The van der Waals surface area contributed by atoms with Crippen molar-refractivity contribution >= 4 is 11.8 Å². The van der Waals surface area contributed by atoms with Crippen LogP contribution in [-0.4, -0.2) is 18.4 Å². The fourth-order valence-electron chi connectivity index (χ4n) is 2.69. The van der Waals surface area contributed by atoms with Crippen LogP contribution in [0.25, 0.3) is 0 Å². The van der Waals surface area contributed by atoms with E-state index in [1.807, 2.05) is 17.8 Å². The van der Waals surface area contributed by atoms with Crippen LogP contribution in [0.15, 0.2) is 47.4 Å². The summed E-state index contributed by atoms with van der Waals surface area (Å²) in [6.45, 7) is 0. The molecule has 1 heterocycles. The minimum atomic E-state index is -0.329. The molecule has 4 heteroatoms. The lowest BCUT2D eigenvalue weighted by atomic mass is 9.99. The van der Waals surface area contributed by atoms with Crippen LogP contribution in [0.1, 0.15) is 11.1 Å². The molecular formula is C17H18FNOS. The van der Waals surface area contributed by atoms with E-state index in [0.717, 1.165) is 12.0 Å². The highest BCUT2D eigenvalue weighted by atomic mass is 32.2. The second-order valence-electron chi connectivity index (χ2n) is 5.31. The van der Waals surface area contributed by atoms with E-state index in [1.165, 1.54) is 23.6 Å². The number of methoxy groups -OCH3 is 1. The molecule has 0 saturated carbocycles. The van der Waals surface area contributed by atoms with E-state index in [-0.39, 0.29) is 17.6 Å². The maximum absolute atomic E-state index is 13.7.